The van der Waals surface area contributed by atoms with Crippen molar-refractivity contribution in [1.29, 1.82) is 0 Å². The normalized spacial score (nSPS) is 29.5. The summed E-state index contributed by atoms with van der Waals surface area (Å²) in [5.74, 6) is 0. The third-order valence-corrected chi connectivity index (χ3v) is 7.09. The predicted molar refractivity (Wildman–Crippen MR) is 103 cm³/mol. The molecular weight excluding hydrogens is 321 g/mol. The molecule has 0 radical (unpaired) electrons. The van der Waals surface area contributed by atoms with Crippen molar-refractivity contribution in [2.75, 3.05) is 14.1 Å². The summed E-state index contributed by atoms with van der Waals surface area (Å²) in [5.41, 5.74) is 1.04. The Bertz CT molecular complexity index is 372. The fourth-order valence-electron chi connectivity index (χ4n) is 5.31. The van der Waals surface area contributed by atoms with Gasteiger partial charge < -0.3 is 10.8 Å². The van der Waals surface area contributed by atoms with Gasteiger partial charge in [-0.2, -0.15) is 0 Å². The third kappa shape index (κ3) is 5.43. The van der Waals surface area contributed by atoms with Crippen LogP contribution in [0.4, 0.5) is 0 Å². The largest absolute Gasteiger partial charge is 1.00 e. The molecule has 0 spiro atoms. The topological polar surface area (TPSA) is 48.5 Å². The summed E-state index contributed by atoms with van der Waals surface area (Å²) in [6, 6.07) is 1.24. The first kappa shape index (κ1) is 25.8. The second-order valence-corrected chi connectivity index (χ2v) is 10.7. The van der Waals surface area contributed by atoms with Crippen molar-refractivity contribution in [3.8, 4) is 0 Å². The van der Waals surface area contributed by atoms with Crippen molar-refractivity contribution in [2.45, 2.75) is 115 Å². The Hall–Kier alpha value is 0.840. The van der Waals surface area contributed by atoms with Gasteiger partial charge in [0, 0.05) is 34.2 Å². The maximum absolute atomic E-state index is 4.07. The molecule has 2 heterocycles. The van der Waals surface area contributed by atoms with Gasteiger partial charge in [-0.3, -0.25) is 9.80 Å². The van der Waals surface area contributed by atoms with E-state index in [9.17, 15) is 0 Å². The summed E-state index contributed by atoms with van der Waals surface area (Å²) in [4.78, 5) is 5.14. The fourth-order valence-corrected chi connectivity index (χ4v) is 5.31. The minimum atomic E-state index is 0. The van der Waals surface area contributed by atoms with Crippen LogP contribution in [0.5, 0.6) is 0 Å². The van der Waals surface area contributed by atoms with E-state index >= 15 is 0 Å². The number of hydrogen-bond acceptors (Lipinski definition) is 4. The second kappa shape index (κ2) is 8.06. The molecular formula is C20H42N3NaO. The molecule has 0 aromatic heterocycles. The zero-order valence-electron chi connectivity index (χ0n) is 18.8. The molecule has 2 aliphatic heterocycles. The zero-order valence-corrected chi connectivity index (χ0v) is 20.8. The van der Waals surface area contributed by atoms with Crippen molar-refractivity contribution in [2.24, 2.45) is 0 Å². The number of piperidine rings is 2. The maximum atomic E-state index is 4.07. The van der Waals surface area contributed by atoms with E-state index < -0.39 is 0 Å². The van der Waals surface area contributed by atoms with E-state index in [1.165, 1.54) is 25.7 Å². The van der Waals surface area contributed by atoms with Crippen LogP contribution in [0.3, 0.4) is 0 Å². The van der Waals surface area contributed by atoms with Crippen molar-refractivity contribution in [3.63, 3.8) is 0 Å². The molecule has 2 aliphatic rings. The Morgan fingerprint density at radius 2 is 0.800 bits per heavy atom. The van der Waals surface area contributed by atoms with E-state index in [-0.39, 0.29) is 57.2 Å². The monoisotopic (exact) mass is 363 g/mol. The molecule has 0 atom stereocenters. The molecule has 2 rings (SSSR count). The number of rotatable bonds is 2. The van der Waals surface area contributed by atoms with Crippen molar-refractivity contribution < 1.29 is 35.0 Å². The van der Waals surface area contributed by atoms with Crippen molar-refractivity contribution in [3.05, 3.63) is 0 Å². The molecule has 0 aliphatic carbocycles. The van der Waals surface area contributed by atoms with Gasteiger partial charge in [-0.05, 0) is 95.2 Å². The van der Waals surface area contributed by atoms with Gasteiger partial charge in [-0.1, -0.05) is 0 Å². The summed E-state index contributed by atoms with van der Waals surface area (Å²) in [5, 5.41) is 4.07. The van der Waals surface area contributed by atoms with Gasteiger partial charge in [-0.25, -0.2) is 0 Å². The number of hydrogen-bond donors (Lipinski definition) is 1. The van der Waals surface area contributed by atoms with E-state index in [4.69, 9.17) is 0 Å². The zero-order chi connectivity index (χ0) is 17.8. The van der Waals surface area contributed by atoms with Crippen LogP contribution < -0.4 is 34.9 Å². The molecule has 2 N–H and O–H groups in total. The Morgan fingerprint density at radius 3 is 1.00 bits per heavy atom. The van der Waals surface area contributed by atoms with Crippen LogP contribution >= 0.6 is 0 Å². The molecule has 2 fully saturated rings. The molecule has 5 heteroatoms. The van der Waals surface area contributed by atoms with Crippen LogP contribution in [0.15, 0.2) is 0 Å². The SMILES string of the molecule is CN1C(C)(C)CC(NC2CC(C)(C)N(C)C(C)(C)C2)CC1(C)C.[Na+].[OH-]. The molecule has 2 saturated heterocycles. The summed E-state index contributed by atoms with van der Waals surface area (Å²) in [6.45, 7) is 19.2. The van der Waals surface area contributed by atoms with Gasteiger partial charge in [0.15, 0.2) is 0 Å². The molecule has 0 saturated carbocycles. The molecule has 4 nitrogen and oxygen atoms in total. The molecule has 0 bridgehead atoms. The van der Waals surface area contributed by atoms with E-state index in [1.54, 1.807) is 0 Å². The molecule has 0 aromatic rings. The van der Waals surface area contributed by atoms with Gasteiger partial charge in [0.05, 0.1) is 0 Å². The van der Waals surface area contributed by atoms with Crippen LogP contribution in [-0.4, -0.2) is 63.6 Å². The minimum absolute atomic E-state index is 0. The van der Waals surface area contributed by atoms with Gasteiger partial charge in [0.25, 0.3) is 0 Å². The summed E-state index contributed by atoms with van der Waals surface area (Å²) < 4.78 is 0. The quantitative estimate of drug-likeness (QED) is 0.734. The van der Waals surface area contributed by atoms with Crippen LogP contribution in [-0.2, 0) is 0 Å². The molecule has 0 unspecified atom stereocenters. The average molecular weight is 364 g/mol. The standard InChI is InChI=1S/C20H41N3.Na.H2O/c1-17(2)11-15(12-18(3,4)22(17)9)21-16-13-19(5,6)23(10)20(7,8)14-16;;/h15-16,21H,11-14H2,1-10H3;;1H2/q;+1;/p-1. The summed E-state index contributed by atoms with van der Waals surface area (Å²) >= 11 is 0. The average Bonchev–Trinajstić information content (AvgIpc) is 2.31. The van der Waals surface area contributed by atoms with Crippen molar-refractivity contribution >= 4 is 0 Å². The first-order chi connectivity index (χ1) is 10.2. The Balaban J connectivity index is 0.00000288. The number of likely N-dealkylation sites (tertiary alicyclic amines) is 2. The number of nitrogens with zero attached hydrogens (tertiary/aromatic N) is 2. The summed E-state index contributed by atoms with van der Waals surface area (Å²) in [6.07, 6.45) is 4.94. The predicted octanol–water partition coefficient (Wildman–Crippen LogP) is 0.706. The molecule has 0 aromatic carbocycles. The van der Waals surface area contributed by atoms with Crippen molar-refractivity contribution in [1.82, 2.24) is 15.1 Å². The van der Waals surface area contributed by atoms with Crippen LogP contribution in [0, 0.1) is 0 Å². The maximum Gasteiger partial charge on any atom is 1.00 e. The molecule has 25 heavy (non-hydrogen) atoms. The third-order valence-electron chi connectivity index (χ3n) is 7.09. The van der Waals surface area contributed by atoms with Gasteiger partial charge in [0.2, 0.25) is 0 Å². The van der Waals surface area contributed by atoms with Gasteiger partial charge in [-0.15, -0.1) is 0 Å². The Morgan fingerprint density at radius 1 is 0.600 bits per heavy atom. The number of nitrogens with one attached hydrogen (secondary N) is 1. The smallest absolute Gasteiger partial charge is 0.870 e. The van der Waals surface area contributed by atoms with Gasteiger partial charge >= 0.3 is 29.6 Å². The van der Waals surface area contributed by atoms with E-state index in [0.29, 0.717) is 12.1 Å². The first-order valence-electron chi connectivity index (χ1n) is 9.41. The van der Waals surface area contributed by atoms with Gasteiger partial charge in [0.1, 0.15) is 0 Å². The Labute approximate surface area is 179 Å². The second-order valence-electron chi connectivity index (χ2n) is 10.7. The van der Waals surface area contributed by atoms with Crippen LogP contribution in [0.2, 0.25) is 0 Å². The fraction of sp³-hybridized carbons (Fsp3) is 1.00. The van der Waals surface area contributed by atoms with Crippen LogP contribution in [0.25, 0.3) is 0 Å². The van der Waals surface area contributed by atoms with E-state index in [1.807, 2.05) is 0 Å². The first-order valence-corrected chi connectivity index (χ1v) is 9.41. The Kier molecular flexibility index (Phi) is 8.34. The molecule has 0 amide bonds. The molecule has 144 valence electrons. The minimum Gasteiger partial charge on any atom is -0.870 e. The van der Waals surface area contributed by atoms with Crippen LogP contribution in [0.1, 0.15) is 81.1 Å². The summed E-state index contributed by atoms with van der Waals surface area (Å²) in [7, 11) is 4.58. The van der Waals surface area contributed by atoms with E-state index in [2.05, 4.69) is 84.6 Å². The van der Waals surface area contributed by atoms with E-state index in [0.717, 1.165) is 0 Å².